The highest BCUT2D eigenvalue weighted by Crippen LogP contribution is 2.32. The zero-order valence-corrected chi connectivity index (χ0v) is 17.8. The minimum Gasteiger partial charge on any atom is -0.331 e. The first-order chi connectivity index (χ1) is 15.8. The molecule has 11 heteroatoms. The highest BCUT2D eigenvalue weighted by atomic mass is 19.2. The van der Waals surface area contributed by atoms with Gasteiger partial charge in [0.1, 0.15) is 5.69 Å². The van der Waals surface area contributed by atoms with Gasteiger partial charge in [0.05, 0.1) is 30.3 Å². The number of rotatable bonds is 3. The third-order valence-electron chi connectivity index (χ3n) is 5.60. The first-order valence-corrected chi connectivity index (χ1v) is 10.2. The van der Waals surface area contributed by atoms with Crippen molar-refractivity contribution in [3.8, 4) is 16.9 Å². The number of hydrogen-bond donors (Lipinski definition) is 0. The normalized spacial score (nSPS) is 13.3. The number of hydrogen-bond acceptors (Lipinski definition) is 5. The summed E-state index contributed by atoms with van der Waals surface area (Å²) >= 11 is 0. The van der Waals surface area contributed by atoms with Crippen molar-refractivity contribution in [2.75, 3.05) is 6.54 Å². The van der Waals surface area contributed by atoms with E-state index in [9.17, 15) is 18.0 Å². The maximum atomic E-state index is 13.8. The number of halogens is 3. The molecule has 5 rings (SSSR count). The van der Waals surface area contributed by atoms with Crippen LogP contribution in [0.1, 0.15) is 27.4 Å². The van der Waals surface area contributed by atoms with Gasteiger partial charge in [-0.3, -0.25) is 9.48 Å². The Morgan fingerprint density at radius 2 is 1.76 bits per heavy atom. The van der Waals surface area contributed by atoms with E-state index in [4.69, 9.17) is 0 Å². The molecular formula is C22H18F3N7O. The number of benzene rings is 1. The van der Waals surface area contributed by atoms with Crippen LogP contribution in [0.4, 0.5) is 13.2 Å². The second kappa shape index (κ2) is 7.84. The smallest absolute Gasteiger partial charge is 0.275 e. The van der Waals surface area contributed by atoms with E-state index in [1.165, 1.54) is 21.9 Å². The molecular weight excluding hydrogens is 435 g/mol. The van der Waals surface area contributed by atoms with Crippen molar-refractivity contribution >= 4 is 5.91 Å². The van der Waals surface area contributed by atoms with E-state index in [0.717, 1.165) is 17.7 Å². The quantitative estimate of drug-likeness (QED) is 0.446. The number of carbonyl (C=O) groups is 1. The number of amides is 1. The summed E-state index contributed by atoms with van der Waals surface area (Å²) in [7, 11) is 1.64. The molecule has 1 aliphatic heterocycles. The van der Waals surface area contributed by atoms with Crippen LogP contribution in [0.15, 0.2) is 36.7 Å². The molecule has 1 aliphatic rings. The number of aryl methyl sites for hydroxylation is 2. The summed E-state index contributed by atoms with van der Waals surface area (Å²) in [5.74, 6) is -4.35. The minimum absolute atomic E-state index is 0.190. The molecule has 0 N–H and O–H groups in total. The van der Waals surface area contributed by atoms with Gasteiger partial charge in [-0.05, 0) is 37.6 Å². The Morgan fingerprint density at radius 1 is 1.06 bits per heavy atom. The van der Waals surface area contributed by atoms with Crippen molar-refractivity contribution < 1.29 is 18.0 Å². The zero-order valence-electron chi connectivity index (χ0n) is 17.8. The molecule has 1 amide bonds. The Hall–Kier alpha value is -4.02. The molecule has 0 spiro atoms. The molecule has 4 heterocycles. The van der Waals surface area contributed by atoms with Gasteiger partial charge in [-0.1, -0.05) is 0 Å². The van der Waals surface area contributed by atoms with E-state index < -0.39 is 17.5 Å². The number of aromatic nitrogens is 6. The Morgan fingerprint density at radius 3 is 2.45 bits per heavy atom. The molecule has 0 saturated heterocycles. The van der Waals surface area contributed by atoms with Crippen molar-refractivity contribution in [2.24, 2.45) is 7.05 Å². The van der Waals surface area contributed by atoms with Gasteiger partial charge in [0.25, 0.3) is 5.91 Å². The standard InChI is InChI=1S/C22H18F3N7O/c1-12-3-4-18(32-26-6-7-27-32)20(28-12)22(33)31-8-5-14-17(11-31)29-30(2)21(14)13-9-15(23)19(25)16(24)10-13/h3-4,6-7,9-10H,5,8,11H2,1-2H3. The number of fused-ring (bicyclic) bond motifs is 1. The highest BCUT2D eigenvalue weighted by molar-refractivity contribution is 5.96. The lowest BCUT2D eigenvalue weighted by Gasteiger charge is -2.27. The SMILES string of the molecule is Cc1ccc(-n2nccn2)c(C(=O)N2CCc3c(nn(C)c3-c3cc(F)c(F)c(F)c3)C2)n1. The fourth-order valence-electron chi connectivity index (χ4n) is 4.10. The third kappa shape index (κ3) is 3.55. The second-order valence-electron chi connectivity index (χ2n) is 7.77. The lowest BCUT2D eigenvalue weighted by Crippen LogP contribution is -2.37. The molecule has 0 radical (unpaired) electrons. The molecule has 33 heavy (non-hydrogen) atoms. The molecule has 1 aromatic carbocycles. The number of carbonyl (C=O) groups excluding carboxylic acids is 1. The van der Waals surface area contributed by atoms with E-state index in [-0.39, 0.29) is 23.7 Å². The van der Waals surface area contributed by atoms with Gasteiger partial charge in [-0.25, -0.2) is 18.2 Å². The molecule has 3 aromatic heterocycles. The van der Waals surface area contributed by atoms with Gasteiger partial charge in [0, 0.05) is 30.4 Å². The van der Waals surface area contributed by atoms with Gasteiger partial charge in [0.15, 0.2) is 23.1 Å². The molecule has 0 bridgehead atoms. The molecule has 0 fully saturated rings. The average molecular weight is 453 g/mol. The second-order valence-corrected chi connectivity index (χ2v) is 7.77. The molecule has 168 valence electrons. The third-order valence-corrected chi connectivity index (χ3v) is 5.60. The molecule has 8 nitrogen and oxygen atoms in total. The van der Waals surface area contributed by atoms with E-state index in [1.54, 1.807) is 31.0 Å². The van der Waals surface area contributed by atoms with Crippen molar-refractivity contribution in [2.45, 2.75) is 19.9 Å². The van der Waals surface area contributed by atoms with Gasteiger partial charge >= 0.3 is 0 Å². The summed E-state index contributed by atoms with van der Waals surface area (Å²) in [5.41, 5.74) is 3.39. The lowest BCUT2D eigenvalue weighted by molar-refractivity contribution is 0.0726. The number of pyridine rings is 1. The van der Waals surface area contributed by atoms with Crippen molar-refractivity contribution in [3.63, 3.8) is 0 Å². The predicted molar refractivity (Wildman–Crippen MR) is 111 cm³/mol. The topological polar surface area (TPSA) is 81.7 Å². The van der Waals surface area contributed by atoms with Crippen LogP contribution in [-0.2, 0) is 20.0 Å². The van der Waals surface area contributed by atoms with Gasteiger partial charge in [-0.15, -0.1) is 4.80 Å². The Bertz CT molecular complexity index is 1360. The van der Waals surface area contributed by atoms with Gasteiger partial charge in [-0.2, -0.15) is 15.3 Å². The van der Waals surface area contributed by atoms with Crippen molar-refractivity contribution in [1.82, 2.24) is 34.7 Å². The molecule has 0 unspecified atom stereocenters. The molecule has 0 atom stereocenters. The fourth-order valence-corrected chi connectivity index (χ4v) is 4.10. The summed E-state index contributed by atoms with van der Waals surface area (Å²) in [5, 5.41) is 12.7. The van der Waals surface area contributed by atoms with Crippen LogP contribution >= 0.6 is 0 Å². The summed E-state index contributed by atoms with van der Waals surface area (Å²) in [4.78, 5) is 20.8. The van der Waals surface area contributed by atoms with E-state index in [2.05, 4.69) is 20.3 Å². The van der Waals surface area contributed by atoms with Crippen LogP contribution in [-0.4, -0.2) is 47.1 Å². The van der Waals surface area contributed by atoms with Crippen LogP contribution in [0.25, 0.3) is 16.9 Å². The average Bonchev–Trinajstić information content (AvgIpc) is 3.43. The van der Waals surface area contributed by atoms with Crippen molar-refractivity contribution in [3.05, 3.63) is 76.8 Å². The Balaban J connectivity index is 1.49. The lowest BCUT2D eigenvalue weighted by atomic mass is 9.99. The van der Waals surface area contributed by atoms with Crippen LogP contribution in [0, 0.1) is 24.4 Å². The summed E-state index contributed by atoms with van der Waals surface area (Å²) in [6, 6.07) is 5.41. The minimum atomic E-state index is -1.51. The van der Waals surface area contributed by atoms with E-state index in [0.29, 0.717) is 35.7 Å². The van der Waals surface area contributed by atoms with Gasteiger partial charge < -0.3 is 4.90 Å². The summed E-state index contributed by atoms with van der Waals surface area (Å²) in [6.07, 6.45) is 3.43. The monoisotopic (exact) mass is 453 g/mol. The van der Waals surface area contributed by atoms with Crippen LogP contribution in [0.2, 0.25) is 0 Å². The zero-order chi connectivity index (χ0) is 23.3. The maximum absolute atomic E-state index is 13.8. The maximum Gasteiger partial charge on any atom is 0.275 e. The summed E-state index contributed by atoms with van der Waals surface area (Å²) < 4.78 is 42.6. The predicted octanol–water partition coefficient (Wildman–Crippen LogP) is 2.99. The highest BCUT2D eigenvalue weighted by Gasteiger charge is 2.30. The molecule has 0 aliphatic carbocycles. The van der Waals surface area contributed by atoms with Crippen LogP contribution in [0.3, 0.4) is 0 Å². The molecule has 0 saturated carbocycles. The fraction of sp³-hybridized carbons (Fsp3) is 0.227. The van der Waals surface area contributed by atoms with Gasteiger partial charge in [0.2, 0.25) is 0 Å². The number of nitrogens with zero attached hydrogens (tertiary/aromatic N) is 7. The van der Waals surface area contributed by atoms with Crippen molar-refractivity contribution in [1.29, 1.82) is 0 Å². The van der Waals surface area contributed by atoms with Crippen LogP contribution in [0.5, 0.6) is 0 Å². The Kier molecular flexibility index (Phi) is 4.95. The first kappa shape index (κ1) is 20.9. The van der Waals surface area contributed by atoms with E-state index >= 15 is 0 Å². The Labute approximate surface area is 186 Å². The van der Waals surface area contributed by atoms with Crippen LogP contribution < -0.4 is 0 Å². The first-order valence-electron chi connectivity index (χ1n) is 10.2. The molecule has 4 aromatic rings. The summed E-state index contributed by atoms with van der Waals surface area (Å²) in [6.45, 7) is 2.32. The largest absolute Gasteiger partial charge is 0.331 e. The van der Waals surface area contributed by atoms with E-state index in [1.807, 2.05) is 0 Å².